The molecule has 21 heavy (non-hydrogen) atoms. The molecule has 1 saturated carbocycles. The lowest BCUT2D eigenvalue weighted by atomic mass is 10.2. The number of ether oxygens (including phenoxy) is 1. The maximum atomic E-state index is 12.0. The van der Waals surface area contributed by atoms with Gasteiger partial charge >= 0.3 is 6.09 Å². The number of rotatable bonds is 2. The van der Waals surface area contributed by atoms with E-state index in [1.165, 1.54) is 0 Å². The minimum atomic E-state index is -0.444. The molecule has 2 atom stereocenters. The van der Waals surface area contributed by atoms with Gasteiger partial charge < -0.3 is 14.2 Å². The van der Waals surface area contributed by atoms with Crippen molar-refractivity contribution < 1.29 is 9.53 Å². The first-order chi connectivity index (χ1) is 9.85. The van der Waals surface area contributed by atoms with Gasteiger partial charge in [-0.25, -0.2) is 4.79 Å². The van der Waals surface area contributed by atoms with Crippen molar-refractivity contribution in [2.24, 2.45) is 17.8 Å². The maximum absolute atomic E-state index is 12.0. The molecule has 1 aliphatic heterocycles. The van der Waals surface area contributed by atoms with E-state index in [2.05, 4.69) is 0 Å². The molecule has 0 bridgehead atoms. The minimum absolute atomic E-state index is 0.0477. The first-order valence-electron chi connectivity index (χ1n) is 7.48. The van der Waals surface area contributed by atoms with Crippen molar-refractivity contribution in [3.63, 3.8) is 0 Å². The van der Waals surface area contributed by atoms with Crippen LogP contribution in [0.5, 0.6) is 0 Å². The fourth-order valence-corrected chi connectivity index (χ4v) is 3.23. The molecule has 114 valence electrons. The van der Waals surface area contributed by atoms with Crippen LogP contribution in [0, 0.1) is 17.8 Å². The highest BCUT2D eigenvalue weighted by Crippen LogP contribution is 2.52. The molecule has 1 saturated heterocycles. The average Bonchev–Trinajstić information content (AvgIpc) is 2.83. The zero-order valence-electron chi connectivity index (χ0n) is 12.8. The molecule has 2 heterocycles. The number of fused-ring (bicyclic) bond motifs is 1. The second kappa shape index (κ2) is 4.90. The summed E-state index contributed by atoms with van der Waals surface area (Å²) in [6.07, 6.45) is 1.62. The summed E-state index contributed by atoms with van der Waals surface area (Å²) in [5.74, 6) is 1.55. The van der Waals surface area contributed by atoms with Gasteiger partial charge in [0.15, 0.2) is 0 Å². The smallest absolute Gasteiger partial charge is 0.410 e. The summed E-state index contributed by atoms with van der Waals surface area (Å²) in [4.78, 5) is 25.5. The molecular weight excluding hydrogens is 268 g/mol. The molecule has 2 unspecified atom stereocenters. The SMILES string of the molecule is CC(C)(C)OC(=O)N1CC2C(C1)C2Cn1ccccc1=O. The van der Waals surface area contributed by atoms with Gasteiger partial charge in [0.05, 0.1) is 0 Å². The number of piperidine rings is 1. The first kappa shape index (κ1) is 14.2. The number of hydrogen-bond donors (Lipinski definition) is 0. The average molecular weight is 290 g/mol. The summed E-state index contributed by atoms with van der Waals surface area (Å²) in [7, 11) is 0. The van der Waals surface area contributed by atoms with Crippen molar-refractivity contribution in [3.8, 4) is 0 Å². The Morgan fingerprint density at radius 1 is 1.29 bits per heavy atom. The normalized spacial score (nSPS) is 27.4. The van der Waals surface area contributed by atoms with Crippen LogP contribution < -0.4 is 5.56 Å². The maximum Gasteiger partial charge on any atom is 0.410 e. The van der Waals surface area contributed by atoms with Gasteiger partial charge in [0.1, 0.15) is 5.60 Å². The summed E-state index contributed by atoms with van der Waals surface area (Å²) in [5, 5.41) is 0. The molecule has 1 amide bonds. The lowest BCUT2D eigenvalue weighted by molar-refractivity contribution is 0.0264. The number of carbonyl (C=O) groups excluding carboxylic acids is 1. The van der Waals surface area contributed by atoms with Gasteiger partial charge in [-0.05, 0) is 44.6 Å². The van der Waals surface area contributed by atoms with Crippen molar-refractivity contribution >= 4 is 6.09 Å². The second-order valence-electron chi connectivity index (χ2n) is 7.07. The van der Waals surface area contributed by atoms with Crippen molar-refractivity contribution in [1.29, 1.82) is 0 Å². The molecule has 5 heteroatoms. The predicted molar refractivity (Wildman–Crippen MR) is 79.0 cm³/mol. The molecule has 0 radical (unpaired) electrons. The summed E-state index contributed by atoms with van der Waals surface area (Å²) in [6, 6.07) is 5.23. The summed E-state index contributed by atoms with van der Waals surface area (Å²) >= 11 is 0. The highest BCUT2D eigenvalue weighted by atomic mass is 16.6. The van der Waals surface area contributed by atoms with Gasteiger partial charge in [-0.15, -0.1) is 0 Å². The van der Waals surface area contributed by atoms with Crippen LogP contribution in [-0.2, 0) is 11.3 Å². The Labute approximate surface area is 124 Å². The standard InChI is InChI=1S/C16H22N2O3/c1-16(2,3)21-15(20)18-9-12-11(13(12)10-18)8-17-7-5-4-6-14(17)19/h4-7,11-13H,8-10H2,1-3H3. The van der Waals surface area contributed by atoms with Crippen LogP contribution in [0.4, 0.5) is 4.79 Å². The monoisotopic (exact) mass is 290 g/mol. The lowest BCUT2D eigenvalue weighted by Gasteiger charge is -2.26. The minimum Gasteiger partial charge on any atom is -0.444 e. The highest BCUT2D eigenvalue weighted by Gasteiger charge is 2.56. The van der Waals surface area contributed by atoms with Gasteiger partial charge in [0, 0.05) is 31.9 Å². The number of aromatic nitrogens is 1. The van der Waals surface area contributed by atoms with Crippen LogP contribution in [0.15, 0.2) is 29.2 Å². The molecule has 0 N–H and O–H groups in total. The fourth-order valence-electron chi connectivity index (χ4n) is 3.23. The van der Waals surface area contributed by atoms with Crippen molar-refractivity contribution in [3.05, 3.63) is 34.7 Å². The Kier molecular flexibility index (Phi) is 3.30. The number of amides is 1. The molecule has 3 rings (SSSR count). The first-order valence-corrected chi connectivity index (χ1v) is 7.48. The van der Waals surface area contributed by atoms with E-state index in [1.807, 2.05) is 33.0 Å². The highest BCUT2D eigenvalue weighted by molar-refractivity contribution is 5.68. The van der Waals surface area contributed by atoms with E-state index in [-0.39, 0.29) is 11.7 Å². The number of carbonyl (C=O) groups is 1. The third-order valence-corrected chi connectivity index (χ3v) is 4.33. The van der Waals surface area contributed by atoms with E-state index in [9.17, 15) is 9.59 Å². The van der Waals surface area contributed by atoms with Gasteiger partial charge in [0.2, 0.25) is 0 Å². The third-order valence-electron chi connectivity index (χ3n) is 4.33. The van der Waals surface area contributed by atoms with Crippen molar-refractivity contribution in [2.45, 2.75) is 32.9 Å². The van der Waals surface area contributed by atoms with Crippen LogP contribution in [0.3, 0.4) is 0 Å². The van der Waals surface area contributed by atoms with Gasteiger partial charge in [-0.2, -0.15) is 0 Å². The van der Waals surface area contributed by atoms with Gasteiger partial charge in [-0.1, -0.05) is 6.07 Å². The van der Waals surface area contributed by atoms with E-state index in [1.54, 1.807) is 21.6 Å². The van der Waals surface area contributed by atoms with E-state index in [0.717, 1.165) is 19.6 Å². The summed E-state index contributed by atoms with van der Waals surface area (Å²) in [6.45, 7) is 7.92. The Morgan fingerprint density at radius 2 is 1.95 bits per heavy atom. The molecule has 1 aliphatic carbocycles. The molecule has 0 spiro atoms. The molecule has 2 fully saturated rings. The predicted octanol–water partition coefficient (Wildman–Crippen LogP) is 1.96. The number of likely N-dealkylation sites (tertiary alicyclic amines) is 1. The molecular formula is C16H22N2O3. The summed E-state index contributed by atoms with van der Waals surface area (Å²) in [5.41, 5.74) is -0.396. The largest absolute Gasteiger partial charge is 0.444 e. The molecule has 0 aromatic carbocycles. The quantitative estimate of drug-likeness (QED) is 0.836. The van der Waals surface area contributed by atoms with Crippen LogP contribution in [-0.4, -0.2) is 34.3 Å². The number of hydrogen-bond acceptors (Lipinski definition) is 3. The Bertz CT molecular complexity index is 590. The topological polar surface area (TPSA) is 51.5 Å². The van der Waals surface area contributed by atoms with E-state index in [0.29, 0.717) is 17.8 Å². The van der Waals surface area contributed by atoms with Crippen molar-refractivity contribution in [2.75, 3.05) is 13.1 Å². The second-order valence-corrected chi connectivity index (χ2v) is 7.07. The van der Waals surface area contributed by atoms with E-state index < -0.39 is 5.60 Å². The number of nitrogens with zero attached hydrogens (tertiary/aromatic N) is 2. The van der Waals surface area contributed by atoms with Crippen LogP contribution in [0.1, 0.15) is 20.8 Å². The summed E-state index contributed by atoms with van der Waals surface area (Å²) < 4.78 is 7.16. The molecule has 1 aromatic heterocycles. The lowest BCUT2D eigenvalue weighted by Crippen LogP contribution is -2.37. The zero-order valence-corrected chi connectivity index (χ0v) is 12.8. The molecule has 5 nitrogen and oxygen atoms in total. The van der Waals surface area contributed by atoms with Gasteiger partial charge in [-0.3, -0.25) is 4.79 Å². The zero-order chi connectivity index (χ0) is 15.2. The number of pyridine rings is 1. The Hall–Kier alpha value is -1.78. The Morgan fingerprint density at radius 3 is 2.52 bits per heavy atom. The third kappa shape index (κ3) is 2.96. The fraction of sp³-hybridized carbons (Fsp3) is 0.625. The Balaban J connectivity index is 1.54. The van der Waals surface area contributed by atoms with Crippen LogP contribution in [0.2, 0.25) is 0 Å². The van der Waals surface area contributed by atoms with E-state index in [4.69, 9.17) is 4.74 Å². The van der Waals surface area contributed by atoms with E-state index >= 15 is 0 Å². The van der Waals surface area contributed by atoms with Crippen LogP contribution >= 0.6 is 0 Å². The molecule has 1 aromatic rings. The van der Waals surface area contributed by atoms with Crippen LogP contribution in [0.25, 0.3) is 0 Å². The van der Waals surface area contributed by atoms with Crippen molar-refractivity contribution in [1.82, 2.24) is 9.47 Å². The molecule has 2 aliphatic rings. The van der Waals surface area contributed by atoms with Gasteiger partial charge in [0.25, 0.3) is 5.56 Å².